The van der Waals surface area contributed by atoms with Crippen LogP contribution < -0.4 is 10.4 Å². The summed E-state index contributed by atoms with van der Waals surface area (Å²) in [5.74, 6) is -0.319. The molecule has 0 spiro atoms. The van der Waals surface area contributed by atoms with E-state index in [0.717, 1.165) is 50.3 Å². The number of carbonyl (C=O) groups excluding carboxylic acids is 2. The number of para-hydroxylation sites is 1. The fraction of sp³-hybridized carbons (Fsp3) is 0.444. The minimum absolute atomic E-state index is 0.240. The number of anilines is 1. The monoisotopic (exact) mass is 331 g/mol. The van der Waals surface area contributed by atoms with Crippen LogP contribution in [0.15, 0.2) is 30.3 Å². The largest absolute Gasteiger partial charge is 0.367 e. The van der Waals surface area contributed by atoms with E-state index in [4.69, 9.17) is 5.21 Å². The maximum Gasteiger partial charge on any atom is 0.267 e. The number of hydroxylamine groups is 1. The molecule has 0 unspecified atom stereocenters. The van der Waals surface area contributed by atoms with Gasteiger partial charge in [0.1, 0.15) is 0 Å². The molecule has 0 atom stereocenters. The second kappa shape index (κ2) is 9.08. The summed E-state index contributed by atoms with van der Waals surface area (Å²) >= 11 is 0. The van der Waals surface area contributed by atoms with Crippen molar-refractivity contribution in [2.75, 3.05) is 31.1 Å². The summed E-state index contributed by atoms with van der Waals surface area (Å²) in [6.45, 7) is 5.08. The van der Waals surface area contributed by atoms with Crippen LogP contribution in [0.5, 0.6) is 0 Å². The molecule has 0 bridgehead atoms. The van der Waals surface area contributed by atoms with E-state index in [1.807, 2.05) is 29.2 Å². The molecule has 0 radical (unpaired) electrons. The van der Waals surface area contributed by atoms with E-state index in [2.05, 4.69) is 11.8 Å². The van der Waals surface area contributed by atoms with E-state index in [0.29, 0.717) is 6.42 Å². The van der Waals surface area contributed by atoms with Crippen LogP contribution in [0.25, 0.3) is 6.08 Å². The summed E-state index contributed by atoms with van der Waals surface area (Å²) in [6, 6.07) is 7.79. The van der Waals surface area contributed by atoms with Gasteiger partial charge < -0.3 is 9.80 Å². The van der Waals surface area contributed by atoms with Crippen LogP contribution in [0.3, 0.4) is 0 Å². The van der Waals surface area contributed by atoms with Crippen molar-refractivity contribution in [1.29, 1.82) is 0 Å². The third kappa shape index (κ3) is 4.83. The van der Waals surface area contributed by atoms with Crippen molar-refractivity contribution in [3.05, 3.63) is 35.9 Å². The summed E-state index contributed by atoms with van der Waals surface area (Å²) in [5, 5.41) is 8.57. The van der Waals surface area contributed by atoms with Gasteiger partial charge in [-0.1, -0.05) is 31.5 Å². The third-order valence-corrected chi connectivity index (χ3v) is 4.18. The van der Waals surface area contributed by atoms with E-state index in [9.17, 15) is 9.59 Å². The lowest BCUT2D eigenvalue weighted by Gasteiger charge is -2.37. The van der Waals surface area contributed by atoms with Gasteiger partial charge >= 0.3 is 0 Å². The molecule has 130 valence electrons. The molecule has 1 aliphatic rings. The lowest BCUT2D eigenvalue weighted by atomic mass is 10.1. The van der Waals surface area contributed by atoms with Crippen molar-refractivity contribution >= 4 is 23.6 Å². The number of nitrogens with one attached hydrogen (secondary N) is 1. The fourth-order valence-corrected chi connectivity index (χ4v) is 2.80. The average Bonchev–Trinajstić information content (AvgIpc) is 2.64. The number of unbranched alkanes of at least 4 members (excludes halogenated alkanes) is 1. The molecule has 6 heteroatoms. The van der Waals surface area contributed by atoms with Crippen LogP contribution in [0.2, 0.25) is 0 Å². The first-order chi connectivity index (χ1) is 11.7. The molecule has 0 aliphatic carbocycles. The number of hydrogen-bond acceptors (Lipinski definition) is 4. The van der Waals surface area contributed by atoms with Crippen molar-refractivity contribution < 1.29 is 14.8 Å². The van der Waals surface area contributed by atoms with Gasteiger partial charge in [0.2, 0.25) is 5.91 Å². The van der Waals surface area contributed by atoms with Gasteiger partial charge in [-0.3, -0.25) is 14.8 Å². The Balaban J connectivity index is 2.00. The zero-order valence-corrected chi connectivity index (χ0v) is 14.1. The van der Waals surface area contributed by atoms with Crippen LogP contribution >= 0.6 is 0 Å². The van der Waals surface area contributed by atoms with Crippen LogP contribution in [0, 0.1) is 0 Å². The molecular weight excluding hydrogens is 306 g/mol. The number of benzene rings is 1. The van der Waals surface area contributed by atoms with Gasteiger partial charge in [-0.15, -0.1) is 0 Å². The molecule has 2 rings (SSSR count). The summed E-state index contributed by atoms with van der Waals surface area (Å²) in [5.41, 5.74) is 3.52. The third-order valence-electron chi connectivity index (χ3n) is 4.18. The van der Waals surface area contributed by atoms with E-state index in [1.165, 1.54) is 6.08 Å². The number of carbonyl (C=O) groups is 2. The van der Waals surface area contributed by atoms with Gasteiger partial charge in [0.15, 0.2) is 0 Å². The Morgan fingerprint density at radius 1 is 1.21 bits per heavy atom. The molecule has 1 aromatic carbocycles. The topological polar surface area (TPSA) is 72.9 Å². The molecule has 2 amide bonds. The van der Waals surface area contributed by atoms with Crippen molar-refractivity contribution in [1.82, 2.24) is 10.4 Å². The standard InChI is InChI=1S/C18H25N3O3/c1-2-3-8-18(23)21-13-11-20(12-14-21)16-7-5-4-6-15(16)9-10-17(22)19-24/h4-7,9-10,24H,2-3,8,11-14H2,1H3,(H,19,22). The van der Waals surface area contributed by atoms with Crippen LogP contribution in [-0.2, 0) is 9.59 Å². The Labute approximate surface area is 142 Å². The van der Waals surface area contributed by atoms with Gasteiger partial charge in [0.25, 0.3) is 5.91 Å². The molecular formula is C18H25N3O3. The Hall–Kier alpha value is -2.34. The highest BCUT2D eigenvalue weighted by atomic mass is 16.5. The Morgan fingerprint density at radius 2 is 1.92 bits per heavy atom. The maximum atomic E-state index is 12.1. The zero-order chi connectivity index (χ0) is 17.4. The quantitative estimate of drug-likeness (QED) is 0.475. The molecule has 1 saturated heterocycles. The average molecular weight is 331 g/mol. The summed E-state index contributed by atoms with van der Waals surface area (Å²) in [6.07, 6.45) is 5.58. The van der Waals surface area contributed by atoms with Crippen LogP contribution in [0.1, 0.15) is 31.7 Å². The number of piperazine rings is 1. The minimum Gasteiger partial charge on any atom is -0.367 e. The highest BCUT2D eigenvalue weighted by Gasteiger charge is 2.21. The fourth-order valence-electron chi connectivity index (χ4n) is 2.80. The maximum absolute atomic E-state index is 12.1. The smallest absolute Gasteiger partial charge is 0.267 e. The molecule has 0 aromatic heterocycles. The predicted octanol–water partition coefficient (Wildman–Crippen LogP) is 2.04. The van der Waals surface area contributed by atoms with Gasteiger partial charge in [-0.25, -0.2) is 5.48 Å². The van der Waals surface area contributed by atoms with Gasteiger partial charge in [-0.2, -0.15) is 0 Å². The van der Waals surface area contributed by atoms with Crippen molar-refractivity contribution in [2.45, 2.75) is 26.2 Å². The number of nitrogens with zero attached hydrogens (tertiary/aromatic N) is 2. The lowest BCUT2D eigenvalue weighted by molar-refractivity contribution is -0.131. The molecule has 1 heterocycles. The number of hydrogen-bond donors (Lipinski definition) is 2. The lowest BCUT2D eigenvalue weighted by Crippen LogP contribution is -2.48. The minimum atomic E-state index is -0.559. The van der Waals surface area contributed by atoms with E-state index >= 15 is 0 Å². The van der Waals surface area contributed by atoms with Crippen LogP contribution in [0.4, 0.5) is 5.69 Å². The summed E-state index contributed by atoms with van der Waals surface area (Å²) in [4.78, 5) is 27.4. The molecule has 1 fully saturated rings. The Morgan fingerprint density at radius 3 is 2.58 bits per heavy atom. The summed E-state index contributed by atoms with van der Waals surface area (Å²) < 4.78 is 0. The van der Waals surface area contributed by atoms with E-state index in [-0.39, 0.29) is 5.91 Å². The first kappa shape index (κ1) is 18.0. The number of amides is 2. The van der Waals surface area contributed by atoms with Crippen LogP contribution in [-0.4, -0.2) is 48.1 Å². The Kier molecular flexibility index (Phi) is 6.81. The van der Waals surface area contributed by atoms with E-state index < -0.39 is 5.91 Å². The van der Waals surface area contributed by atoms with Gasteiger partial charge in [0, 0.05) is 44.4 Å². The second-order valence-corrected chi connectivity index (χ2v) is 5.84. The normalized spacial score (nSPS) is 14.9. The molecule has 6 nitrogen and oxygen atoms in total. The number of rotatable bonds is 6. The first-order valence-electron chi connectivity index (χ1n) is 8.39. The van der Waals surface area contributed by atoms with Gasteiger partial charge in [-0.05, 0) is 24.1 Å². The molecule has 1 aromatic rings. The van der Waals surface area contributed by atoms with Crippen molar-refractivity contribution in [2.24, 2.45) is 0 Å². The van der Waals surface area contributed by atoms with E-state index in [1.54, 1.807) is 11.6 Å². The highest BCUT2D eigenvalue weighted by molar-refractivity contribution is 5.91. The zero-order valence-electron chi connectivity index (χ0n) is 14.1. The summed E-state index contributed by atoms with van der Waals surface area (Å²) in [7, 11) is 0. The first-order valence-corrected chi connectivity index (χ1v) is 8.39. The Bertz CT molecular complexity index is 593. The highest BCUT2D eigenvalue weighted by Crippen LogP contribution is 2.23. The SMILES string of the molecule is CCCCC(=O)N1CCN(c2ccccc2C=CC(=O)NO)CC1. The van der Waals surface area contributed by atoms with Crippen molar-refractivity contribution in [3.8, 4) is 0 Å². The van der Waals surface area contributed by atoms with Crippen molar-refractivity contribution in [3.63, 3.8) is 0 Å². The predicted molar refractivity (Wildman–Crippen MR) is 93.7 cm³/mol. The second-order valence-electron chi connectivity index (χ2n) is 5.84. The van der Waals surface area contributed by atoms with Gasteiger partial charge in [0.05, 0.1) is 0 Å². The molecule has 0 saturated carbocycles. The molecule has 1 aliphatic heterocycles. The molecule has 2 N–H and O–H groups in total. The molecule has 24 heavy (non-hydrogen) atoms.